The molecule has 0 bridgehead atoms. The van der Waals surface area contributed by atoms with E-state index in [4.69, 9.17) is 4.74 Å². The number of ether oxygens (including phenoxy) is 1. The second-order valence-corrected chi connectivity index (χ2v) is 7.91. The first-order valence-electron chi connectivity index (χ1n) is 10.1. The number of imidazole rings is 1. The maximum Gasteiger partial charge on any atom is 0.332 e. The van der Waals surface area contributed by atoms with E-state index in [1.165, 1.54) is 22.5 Å². The molecule has 4 heterocycles. The van der Waals surface area contributed by atoms with Crippen LogP contribution in [0, 0.1) is 13.8 Å². The molecule has 1 aliphatic rings. The van der Waals surface area contributed by atoms with Gasteiger partial charge in [0.15, 0.2) is 11.2 Å². The van der Waals surface area contributed by atoms with Crippen LogP contribution in [0.3, 0.4) is 0 Å². The van der Waals surface area contributed by atoms with Gasteiger partial charge < -0.3 is 14.2 Å². The van der Waals surface area contributed by atoms with Gasteiger partial charge in [-0.25, -0.2) is 19.7 Å². The lowest BCUT2D eigenvalue weighted by Gasteiger charge is -2.32. The number of amides is 1. The van der Waals surface area contributed by atoms with Crippen LogP contribution in [0.5, 0.6) is 6.01 Å². The minimum atomic E-state index is -0.477. The Morgan fingerprint density at radius 2 is 1.87 bits per heavy atom. The molecule has 1 amide bonds. The highest BCUT2D eigenvalue weighted by atomic mass is 16.5. The summed E-state index contributed by atoms with van der Waals surface area (Å²) in [7, 11) is 2.95. The zero-order valence-electron chi connectivity index (χ0n) is 18.0. The molecule has 1 atom stereocenters. The zero-order chi connectivity index (χ0) is 22.3. The largest absolute Gasteiger partial charge is 0.458 e. The number of hydrogen-bond acceptors (Lipinski definition) is 7. The number of likely N-dealkylation sites (tertiary alicyclic amines) is 1. The van der Waals surface area contributed by atoms with Gasteiger partial charge in [-0.05, 0) is 32.8 Å². The molecule has 11 nitrogen and oxygen atoms in total. The van der Waals surface area contributed by atoms with Gasteiger partial charge in [0, 0.05) is 32.0 Å². The van der Waals surface area contributed by atoms with Crippen molar-refractivity contribution in [2.24, 2.45) is 14.1 Å². The van der Waals surface area contributed by atoms with E-state index in [-0.39, 0.29) is 29.7 Å². The highest BCUT2D eigenvalue weighted by Gasteiger charge is 2.26. The molecule has 1 unspecified atom stereocenters. The van der Waals surface area contributed by atoms with Crippen LogP contribution in [-0.2, 0) is 25.4 Å². The second-order valence-electron chi connectivity index (χ2n) is 7.91. The SMILES string of the molecule is Cc1cc(C)nc(OC2CCCN(C(=O)Cn3cnc4c3c(=O)n(C)c(=O)n4C)C2)n1. The number of carbonyl (C=O) groups is 1. The van der Waals surface area contributed by atoms with Crippen molar-refractivity contribution in [2.45, 2.75) is 39.3 Å². The summed E-state index contributed by atoms with van der Waals surface area (Å²) in [4.78, 5) is 52.2. The van der Waals surface area contributed by atoms with Crippen LogP contribution in [0.4, 0.5) is 0 Å². The Morgan fingerprint density at radius 1 is 1.16 bits per heavy atom. The van der Waals surface area contributed by atoms with Gasteiger partial charge in [0.25, 0.3) is 5.56 Å². The van der Waals surface area contributed by atoms with E-state index in [2.05, 4.69) is 15.0 Å². The molecule has 0 N–H and O–H groups in total. The number of piperidine rings is 1. The summed E-state index contributed by atoms with van der Waals surface area (Å²) in [6.07, 6.45) is 2.82. The Hall–Kier alpha value is -3.50. The van der Waals surface area contributed by atoms with Gasteiger partial charge in [-0.1, -0.05) is 0 Å². The summed E-state index contributed by atoms with van der Waals surface area (Å²) < 4.78 is 9.75. The van der Waals surface area contributed by atoms with Crippen LogP contribution >= 0.6 is 0 Å². The highest BCUT2D eigenvalue weighted by molar-refractivity contribution is 5.79. The van der Waals surface area contributed by atoms with E-state index in [0.717, 1.165) is 28.8 Å². The normalized spacial score (nSPS) is 16.6. The quantitative estimate of drug-likeness (QED) is 0.571. The molecule has 11 heteroatoms. The summed E-state index contributed by atoms with van der Waals surface area (Å²) >= 11 is 0. The number of carbonyl (C=O) groups excluding carboxylic acids is 1. The summed E-state index contributed by atoms with van der Waals surface area (Å²) in [5.41, 5.74) is 1.21. The van der Waals surface area contributed by atoms with Crippen molar-refractivity contribution in [3.05, 3.63) is 44.6 Å². The van der Waals surface area contributed by atoms with Crippen molar-refractivity contribution in [1.29, 1.82) is 0 Å². The predicted molar refractivity (Wildman–Crippen MR) is 112 cm³/mol. The number of nitrogens with zero attached hydrogens (tertiary/aromatic N) is 7. The van der Waals surface area contributed by atoms with Crippen molar-refractivity contribution < 1.29 is 9.53 Å². The molecular weight excluding hydrogens is 402 g/mol. The maximum absolute atomic E-state index is 13.0. The molecule has 0 aromatic carbocycles. The number of rotatable bonds is 4. The minimum Gasteiger partial charge on any atom is -0.458 e. The Kier molecular flexibility index (Phi) is 5.34. The smallest absolute Gasteiger partial charge is 0.332 e. The molecule has 0 radical (unpaired) electrons. The molecule has 3 aromatic rings. The molecule has 164 valence electrons. The molecule has 0 saturated carbocycles. The van der Waals surface area contributed by atoms with Crippen molar-refractivity contribution in [2.75, 3.05) is 13.1 Å². The van der Waals surface area contributed by atoms with Gasteiger partial charge in [0.1, 0.15) is 12.6 Å². The summed E-state index contributed by atoms with van der Waals surface area (Å²) in [5, 5.41) is 0. The van der Waals surface area contributed by atoms with E-state index in [1.807, 2.05) is 19.9 Å². The van der Waals surface area contributed by atoms with E-state index >= 15 is 0 Å². The standard InChI is InChI=1S/C20H25N7O4/c1-12-8-13(2)23-19(22-12)31-14-6-5-7-26(9-14)15(28)10-27-11-21-17-16(27)18(29)25(4)20(30)24(17)3/h8,11,14H,5-7,9-10H2,1-4H3. The van der Waals surface area contributed by atoms with Crippen LogP contribution in [0.2, 0.25) is 0 Å². The average molecular weight is 427 g/mol. The fraction of sp³-hybridized carbons (Fsp3) is 0.500. The number of aryl methyl sites for hydroxylation is 3. The molecule has 0 spiro atoms. The summed E-state index contributed by atoms with van der Waals surface area (Å²) in [6, 6.07) is 2.20. The van der Waals surface area contributed by atoms with Crippen LogP contribution in [0.25, 0.3) is 11.2 Å². The van der Waals surface area contributed by atoms with Gasteiger partial charge in [-0.2, -0.15) is 0 Å². The monoisotopic (exact) mass is 427 g/mol. The second kappa shape index (κ2) is 7.97. The zero-order valence-corrected chi connectivity index (χ0v) is 18.0. The lowest BCUT2D eigenvalue weighted by Crippen LogP contribution is -2.46. The first kappa shape index (κ1) is 20.8. The third-order valence-electron chi connectivity index (χ3n) is 5.49. The molecule has 1 aliphatic heterocycles. The lowest BCUT2D eigenvalue weighted by atomic mass is 10.1. The molecule has 4 rings (SSSR count). The number of aromatic nitrogens is 6. The van der Waals surface area contributed by atoms with E-state index in [1.54, 1.807) is 11.9 Å². The van der Waals surface area contributed by atoms with Gasteiger partial charge in [0.05, 0.1) is 12.9 Å². The summed E-state index contributed by atoms with van der Waals surface area (Å²) in [6.45, 7) is 4.74. The minimum absolute atomic E-state index is 0.0449. The Morgan fingerprint density at radius 3 is 2.58 bits per heavy atom. The Bertz CT molecular complexity index is 1250. The fourth-order valence-electron chi connectivity index (χ4n) is 3.92. The van der Waals surface area contributed by atoms with E-state index < -0.39 is 11.2 Å². The predicted octanol–water partition coefficient (Wildman–Crippen LogP) is -0.0895. The molecule has 0 aliphatic carbocycles. The number of hydrogen-bond donors (Lipinski definition) is 0. The van der Waals surface area contributed by atoms with Crippen molar-refractivity contribution in [3.8, 4) is 6.01 Å². The van der Waals surface area contributed by atoms with Crippen LogP contribution in [-0.4, -0.2) is 58.7 Å². The van der Waals surface area contributed by atoms with Gasteiger partial charge in [-0.15, -0.1) is 0 Å². The topological polar surface area (TPSA) is 117 Å². The lowest BCUT2D eigenvalue weighted by molar-refractivity contribution is -0.134. The molecule has 3 aromatic heterocycles. The molecule has 31 heavy (non-hydrogen) atoms. The van der Waals surface area contributed by atoms with Crippen LogP contribution < -0.4 is 16.0 Å². The maximum atomic E-state index is 13.0. The van der Waals surface area contributed by atoms with Gasteiger partial charge in [-0.3, -0.25) is 18.7 Å². The van der Waals surface area contributed by atoms with Crippen LogP contribution in [0.15, 0.2) is 22.0 Å². The molecular formula is C20H25N7O4. The van der Waals surface area contributed by atoms with E-state index in [9.17, 15) is 14.4 Å². The number of fused-ring (bicyclic) bond motifs is 1. The van der Waals surface area contributed by atoms with Crippen LogP contribution in [0.1, 0.15) is 24.2 Å². The van der Waals surface area contributed by atoms with Crippen molar-refractivity contribution in [1.82, 2.24) is 33.6 Å². The Labute approximate surface area is 177 Å². The van der Waals surface area contributed by atoms with Crippen molar-refractivity contribution in [3.63, 3.8) is 0 Å². The third kappa shape index (κ3) is 3.94. The van der Waals surface area contributed by atoms with Gasteiger partial charge >= 0.3 is 11.7 Å². The highest BCUT2D eigenvalue weighted by Crippen LogP contribution is 2.17. The fourth-order valence-corrected chi connectivity index (χ4v) is 3.92. The van der Waals surface area contributed by atoms with Crippen molar-refractivity contribution >= 4 is 17.1 Å². The Balaban J connectivity index is 1.51. The first-order valence-corrected chi connectivity index (χ1v) is 10.1. The average Bonchev–Trinajstić information content (AvgIpc) is 3.14. The first-order chi connectivity index (χ1) is 14.7. The molecule has 1 saturated heterocycles. The van der Waals surface area contributed by atoms with Gasteiger partial charge in [0.2, 0.25) is 5.91 Å². The van der Waals surface area contributed by atoms with E-state index in [0.29, 0.717) is 19.1 Å². The third-order valence-corrected chi connectivity index (χ3v) is 5.49. The molecule has 1 fully saturated rings. The summed E-state index contributed by atoms with van der Waals surface area (Å²) in [5.74, 6) is -0.148.